The van der Waals surface area contributed by atoms with E-state index in [-0.39, 0.29) is 45.3 Å². The second-order valence-corrected chi connectivity index (χ2v) is 13.1. The van der Waals surface area contributed by atoms with Gasteiger partial charge in [-0.2, -0.15) is 0 Å². The first-order valence-electron chi connectivity index (χ1n) is 13.6. The lowest BCUT2D eigenvalue weighted by Gasteiger charge is -2.61. The van der Waals surface area contributed by atoms with Gasteiger partial charge in [0.15, 0.2) is 0 Å². The number of ketones is 1. The number of esters is 1. The first-order valence-corrected chi connectivity index (χ1v) is 14.6. The number of anilines is 1. The minimum atomic E-state index is -0.730. The minimum absolute atomic E-state index is 0.0980. The van der Waals surface area contributed by atoms with Crippen molar-refractivity contribution in [3.63, 3.8) is 0 Å². The number of nitrogens with one attached hydrogen (secondary N) is 1. The Morgan fingerprint density at radius 2 is 1.92 bits per heavy atom. The SMILES string of the molecule is C=C[C@]1(C)C[C@@H](OC(=O)CSc2c(NCCOC)c(=O)c2=O)[C@]2(C)[C@H](C)CC[C@]3(CCC(=O)[C@H]32)[C@@H](C)[C@@H]1O. The number of carbonyl (C=O) groups is 2. The number of carbonyl (C=O) groups excluding carboxylic acids is 2. The molecule has 2 N–H and O–H groups in total. The Labute approximate surface area is 228 Å². The molecule has 1 aromatic carbocycles. The molecule has 0 aliphatic heterocycles. The third-order valence-corrected chi connectivity index (χ3v) is 11.4. The van der Waals surface area contributed by atoms with Gasteiger partial charge in [0.1, 0.15) is 17.6 Å². The van der Waals surface area contributed by atoms with E-state index in [0.29, 0.717) is 26.0 Å². The molecular weight excluding hydrogens is 506 g/mol. The Morgan fingerprint density at radius 3 is 2.58 bits per heavy atom. The molecule has 9 heteroatoms. The summed E-state index contributed by atoms with van der Waals surface area (Å²) in [7, 11) is 1.54. The smallest absolute Gasteiger partial charge is 0.316 e. The number of thioether (sulfide) groups is 1. The summed E-state index contributed by atoms with van der Waals surface area (Å²) in [4.78, 5) is 51.1. The molecule has 8 atom stereocenters. The van der Waals surface area contributed by atoms with Gasteiger partial charge in [0, 0.05) is 36.8 Å². The molecule has 0 unspecified atom stereocenters. The van der Waals surface area contributed by atoms with E-state index in [1.54, 1.807) is 13.2 Å². The maximum absolute atomic E-state index is 13.5. The van der Waals surface area contributed by atoms with E-state index in [2.05, 4.69) is 32.7 Å². The number of hydrogen-bond acceptors (Lipinski definition) is 9. The highest BCUT2D eigenvalue weighted by atomic mass is 32.2. The molecule has 0 saturated heterocycles. The number of methoxy groups -OCH3 is 1. The molecule has 0 radical (unpaired) electrons. The van der Waals surface area contributed by atoms with E-state index >= 15 is 0 Å². The fourth-order valence-electron chi connectivity index (χ4n) is 7.77. The van der Waals surface area contributed by atoms with Crippen LogP contribution in [0.4, 0.5) is 5.69 Å². The van der Waals surface area contributed by atoms with Crippen LogP contribution < -0.4 is 16.2 Å². The minimum Gasteiger partial charge on any atom is -0.461 e. The van der Waals surface area contributed by atoms with Crippen molar-refractivity contribution in [3.8, 4) is 0 Å². The number of aliphatic hydroxyl groups excluding tert-OH is 1. The van der Waals surface area contributed by atoms with E-state index < -0.39 is 39.9 Å². The quantitative estimate of drug-likeness (QED) is 0.158. The van der Waals surface area contributed by atoms with Crippen molar-refractivity contribution < 1.29 is 24.2 Å². The molecule has 3 aliphatic rings. The Hall–Kier alpha value is -1.97. The largest absolute Gasteiger partial charge is 0.461 e. The Kier molecular flexibility index (Phi) is 8.05. The van der Waals surface area contributed by atoms with Gasteiger partial charge < -0.3 is 19.9 Å². The summed E-state index contributed by atoms with van der Waals surface area (Å²) in [6.45, 7) is 13.0. The highest BCUT2D eigenvalue weighted by molar-refractivity contribution is 8.00. The second-order valence-electron chi connectivity index (χ2n) is 12.1. The highest BCUT2D eigenvalue weighted by Gasteiger charge is 2.68. The van der Waals surface area contributed by atoms with Crippen molar-refractivity contribution in [3.05, 3.63) is 33.1 Å². The summed E-state index contributed by atoms with van der Waals surface area (Å²) in [5.41, 5.74) is -2.65. The maximum Gasteiger partial charge on any atom is 0.316 e. The van der Waals surface area contributed by atoms with Gasteiger partial charge in [-0.1, -0.05) is 33.8 Å². The molecule has 3 aliphatic carbocycles. The van der Waals surface area contributed by atoms with Crippen molar-refractivity contribution in [2.24, 2.45) is 34.0 Å². The molecule has 0 amide bonds. The van der Waals surface area contributed by atoms with Crippen LogP contribution >= 0.6 is 11.8 Å². The molecule has 0 aromatic heterocycles. The molecule has 3 saturated carbocycles. The third-order valence-electron chi connectivity index (χ3n) is 10.4. The number of rotatable bonds is 9. The van der Waals surface area contributed by atoms with Gasteiger partial charge in [0.25, 0.3) is 5.43 Å². The van der Waals surface area contributed by atoms with Crippen LogP contribution in [-0.2, 0) is 19.1 Å². The Morgan fingerprint density at radius 1 is 1.21 bits per heavy atom. The van der Waals surface area contributed by atoms with Crippen LogP contribution in [0.1, 0.15) is 59.8 Å². The van der Waals surface area contributed by atoms with E-state index in [1.807, 2.05) is 6.92 Å². The monoisotopic (exact) mass is 547 g/mol. The normalized spacial score (nSPS) is 38.8. The molecule has 2 bridgehead atoms. The second kappa shape index (κ2) is 10.5. The van der Waals surface area contributed by atoms with Gasteiger partial charge in [0.05, 0.1) is 23.4 Å². The lowest BCUT2D eigenvalue weighted by Crippen LogP contribution is -2.63. The van der Waals surface area contributed by atoms with Gasteiger partial charge in [-0.3, -0.25) is 19.2 Å². The number of Topliss-reactive ketones (excluding diaryl/α,β-unsaturated/α-hetero) is 1. The van der Waals surface area contributed by atoms with Crippen molar-refractivity contribution in [1.82, 2.24) is 0 Å². The first-order chi connectivity index (χ1) is 17.9. The number of hydrogen-bond donors (Lipinski definition) is 2. The summed E-state index contributed by atoms with van der Waals surface area (Å²) in [5.74, 6) is -0.716. The lowest BCUT2D eigenvalue weighted by atomic mass is 9.44. The van der Waals surface area contributed by atoms with Gasteiger partial charge >= 0.3 is 5.97 Å². The molecule has 38 heavy (non-hydrogen) atoms. The average molecular weight is 548 g/mol. The molecule has 0 heterocycles. The van der Waals surface area contributed by atoms with E-state index in [4.69, 9.17) is 9.47 Å². The summed E-state index contributed by atoms with van der Waals surface area (Å²) < 4.78 is 11.2. The first kappa shape index (κ1) is 29.0. The molecule has 1 aromatic rings. The zero-order valence-electron chi connectivity index (χ0n) is 23.1. The van der Waals surface area contributed by atoms with Crippen molar-refractivity contribution in [2.45, 2.75) is 76.9 Å². The van der Waals surface area contributed by atoms with Gasteiger partial charge in [-0.05, 0) is 42.9 Å². The Bertz CT molecular complexity index is 1170. The van der Waals surface area contributed by atoms with Crippen LogP contribution in [0, 0.1) is 34.0 Å². The number of aliphatic hydroxyl groups is 1. The Balaban J connectivity index is 1.61. The molecular formula is C29H41NO7S. The van der Waals surface area contributed by atoms with E-state index in [0.717, 1.165) is 31.0 Å². The van der Waals surface area contributed by atoms with E-state index in [9.17, 15) is 24.3 Å². The van der Waals surface area contributed by atoms with Gasteiger partial charge in [-0.15, -0.1) is 18.3 Å². The zero-order valence-corrected chi connectivity index (χ0v) is 23.9. The molecule has 8 nitrogen and oxygen atoms in total. The summed E-state index contributed by atoms with van der Waals surface area (Å²) in [6.07, 6.45) is 3.75. The third kappa shape index (κ3) is 4.38. The van der Waals surface area contributed by atoms with Crippen LogP contribution in [0.25, 0.3) is 0 Å². The van der Waals surface area contributed by atoms with Crippen molar-refractivity contribution in [2.75, 3.05) is 31.3 Å². The lowest BCUT2D eigenvalue weighted by molar-refractivity contribution is -0.205. The predicted octanol–water partition coefficient (Wildman–Crippen LogP) is 3.34. The zero-order chi connectivity index (χ0) is 28.0. The van der Waals surface area contributed by atoms with Crippen LogP contribution in [-0.4, -0.2) is 55.1 Å². The number of ether oxygens (including phenoxy) is 2. The van der Waals surface area contributed by atoms with Crippen LogP contribution in [0.15, 0.2) is 27.1 Å². The van der Waals surface area contributed by atoms with Crippen molar-refractivity contribution in [1.29, 1.82) is 0 Å². The average Bonchev–Trinajstić information content (AvgIpc) is 3.25. The topological polar surface area (TPSA) is 119 Å². The van der Waals surface area contributed by atoms with Gasteiger partial charge in [0.2, 0.25) is 5.43 Å². The fourth-order valence-corrected chi connectivity index (χ4v) is 8.64. The molecule has 210 valence electrons. The summed E-state index contributed by atoms with van der Waals surface area (Å²) >= 11 is 0.990. The van der Waals surface area contributed by atoms with Crippen molar-refractivity contribution >= 4 is 29.2 Å². The molecule has 4 rings (SSSR count). The summed E-state index contributed by atoms with van der Waals surface area (Å²) in [6, 6.07) is 0. The maximum atomic E-state index is 13.5. The van der Waals surface area contributed by atoms with Gasteiger partial charge in [-0.25, -0.2) is 0 Å². The van der Waals surface area contributed by atoms with Crippen LogP contribution in [0.5, 0.6) is 0 Å². The molecule has 3 fully saturated rings. The fraction of sp³-hybridized carbons (Fsp3) is 0.724. The van der Waals surface area contributed by atoms with E-state index in [1.165, 1.54) is 0 Å². The summed E-state index contributed by atoms with van der Waals surface area (Å²) in [5, 5.41) is 14.5. The highest BCUT2D eigenvalue weighted by Crippen LogP contribution is 2.68. The standard InChI is InChI=1S/C29H41NO7S/c1-7-27(4)14-19(37-20(32)15-38-24-21(22(33)23(24)34)30-12-13-36-6)28(5)16(2)8-10-29(17(3)26(27)35)11-9-18(31)25(28)29/h7,16-17,19,25-26,30,35H,1,8-15H2,2-6H3/t16-,17+,19-,25+,26+,27-,28+,29+/m1/s1. The predicted molar refractivity (Wildman–Crippen MR) is 147 cm³/mol. The van der Waals surface area contributed by atoms with Crippen LogP contribution in [0.2, 0.25) is 0 Å². The molecule has 0 spiro atoms. The van der Waals surface area contributed by atoms with Crippen LogP contribution in [0.3, 0.4) is 0 Å².